The van der Waals surface area contributed by atoms with Gasteiger partial charge in [0.1, 0.15) is 0 Å². The van der Waals surface area contributed by atoms with E-state index in [1.807, 2.05) is 6.20 Å². The Hall–Kier alpha value is -1.03. The minimum Gasteiger partial charge on any atom is -0.337 e. The van der Waals surface area contributed by atoms with Crippen molar-refractivity contribution in [3.63, 3.8) is 0 Å². The van der Waals surface area contributed by atoms with Crippen LogP contribution in [0.1, 0.15) is 39.5 Å². The fourth-order valence-electron chi connectivity index (χ4n) is 2.06. The predicted molar refractivity (Wildman–Crippen MR) is 70.9 cm³/mol. The molecule has 0 spiro atoms. The molecule has 1 aliphatic carbocycles. The molecule has 0 atom stereocenters. The normalized spacial score (nSPS) is 15.1. The number of nitrogens with one attached hydrogen (secondary N) is 2. The maximum absolute atomic E-state index is 11.5. The largest absolute Gasteiger partial charge is 0.337 e. The Kier molecular flexibility index (Phi) is 6.70. The summed E-state index contributed by atoms with van der Waals surface area (Å²) in [5.41, 5.74) is 1.36. The number of allylic oxidation sites excluding steroid dienone is 1. The van der Waals surface area contributed by atoms with Crippen molar-refractivity contribution in [1.29, 1.82) is 0 Å². The van der Waals surface area contributed by atoms with Crippen molar-refractivity contribution in [2.75, 3.05) is 26.2 Å². The van der Waals surface area contributed by atoms with E-state index < -0.39 is 0 Å². The van der Waals surface area contributed by atoms with Gasteiger partial charge in [-0.05, 0) is 38.8 Å². The summed E-state index contributed by atoms with van der Waals surface area (Å²) in [6, 6.07) is -0.0865. The number of urea groups is 1. The van der Waals surface area contributed by atoms with E-state index in [0.717, 1.165) is 32.5 Å². The predicted octanol–water partition coefficient (Wildman–Crippen LogP) is 2.09. The molecule has 2 N–H and O–H groups in total. The van der Waals surface area contributed by atoms with Gasteiger partial charge in [0.15, 0.2) is 0 Å². The van der Waals surface area contributed by atoms with Crippen LogP contribution in [0.2, 0.25) is 0 Å². The second-order valence-electron chi connectivity index (χ2n) is 4.44. The first-order chi connectivity index (χ1) is 8.26. The molecule has 1 fully saturated rings. The smallest absolute Gasteiger partial charge is 0.318 e. The maximum Gasteiger partial charge on any atom is 0.318 e. The summed E-state index contributed by atoms with van der Waals surface area (Å²) < 4.78 is 0. The highest BCUT2D eigenvalue weighted by Crippen LogP contribution is 2.22. The second kappa shape index (κ2) is 8.12. The highest BCUT2D eigenvalue weighted by atomic mass is 16.2. The Bertz CT molecular complexity index is 251. The van der Waals surface area contributed by atoms with E-state index in [2.05, 4.69) is 29.4 Å². The molecule has 1 saturated carbocycles. The molecule has 1 aliphatic rings. The first-order valence-corrected chi connectivity index (χ1v) is 6.71. The zero-order valence-electron chi connectivity index (χ0n) is 11.1. The summed E-state index contributed by atoms with van der Waals surface area (Å²) in [4.78, 5) is 13.8. The van der Waals surface area contributed by atoms with Gasteiger partial charge in [0.25, 0.3) is 0 Å². The number of hydrogen-bond acceptors (Lipinski definition) is 2. The van der Waals surface area contributed by atoms with Gasteiger partial charge in [-0.1, -0.05) is 19.4 Å². The van der Waals surface area contributed by atoms with Crippen LogP contribution < -0.4 is 10.6 Å². The first kappa shape index (κ1) is 14.0. The molecule has 0 aromatic carbocycles. The fraction of sp³-hybridized carbons (Fsp3) is 0.769. The zero-order valence-corrected chi connectivity index (χ0v) is 11.1. The Morgan fingerprint density at radius 2 is 1.94 bits per heavy atom. The molecule has 0 heterocycles. The molecule has 4 heteroatoms. The van der Waals surface area contributed by atoms with E-state index in [-0.39, 0.29) is 6.03 Å². The van der Waals surface area contributed by atoms with Gasteiger partial charge in [-0.3, -0.25) is 0 Å². The molecular weight excluding hydrogens is 214 g/mol. The summed E-state index contributed by atoms with van der Waals surface area (Å²) in [5, 5.41) is 5.67. The van der Waals surface area contributed by atoms with Crippen LogP contribution in [0, 0.1) is 0 Å². The molecule has 0 saturated heterocycles. The lowest BCUT2D eigenvalue weighted by Crippen LogP contribution is -2.38. The van der Waals surface area contributed by atoms with E-state index in [9.17, 15) is 4.79 Å². The van der Waals surface area contributed by atoms with Gasteiger partial charge in [-0.15, -0.1) is 0 Å². The molecule has 0 bridgehead atoms. The van der Waals surface area contributed by atoms with Gasteiger partial charge >= 0.3 is 6.03 Å². The first-order valence-electron chi connectivity index (χ1n) is 6.71. The third-order valence-electron chi connectivity index (χ3n) is 3.26. The minimum atomic E-state index is -0.0865. The highest BCUT2D eigenvalue weighted by Gasteiger charge is 2.06. The van der Waals surface area contributed by atoms with Gasteiger partial charge in [-0.25, -0.2) is 4.79 Å². The number of carbonyl (C=O) groups is 1. The summed E-state index contributed by atoms with van der Waals surface area (Å²) in [6.07, 6.45) is 6.67. The molecule has 0 aromatic heterocycles. The van der Waals surface area contributed by atoms with E-state index in [0.29, 0.717) is 6.54 Å². The average molecular weight is 239 g/mol. The van der Waals surface area contributed by atoms with Crippen molar-refractivity contribution in [3.05, 3.63) is 11.8 Å². The molecule has 1 rings (SSSR count). The number of nitrogens with zero attached hydrogens (tertiary/aromatic N) is 1. The van der Waals surface area contributed by atoms with Crippen LogP contribution in [-0.4, -0.2) is 37.1 Å². The summed E-state index contributed by atoms with van der Waals surface area (Å²) in [6.45, 7) is 7.95. The van der Waals surface area contributed by atoms with Crippen LogP contribution in [0.25, 0.3) is 0 Å². The van der Waals surface area contributed by atoms with Gasteiger partial charge in [0.05, 0.1) is 0 Å². The lowest BCUT2D eigenvalue weighted by molar-refractivity contribution is 0.240. The summed E-state index contributed by atoms with van der Waals surface area (Å²) in [5.74, 6) is 0. The SMILES string of the molecule is CCN(CC)CCNC(=O)NC=C1CCCC1. The highest BCUT2D eigenvalue weighted by molar-refractivity contribution is 5.74. The van der Waals surface area contributed by atoms with Crippen LogP contribution >= 0.6 is 0 Å². The van der Waals surface area contributed by atoms with Gasteiger partial charge in [-0.2, -0.15) is 0 Å². The molecule has 17 heavy (non-hydrogen) atoms. The lowest BCUT2D eigenvalue weighted by Gasteiger charge is -2.17. The zero-order chi connectivity index (χ0) is 12.5. The van der Waals surface area contributed by atoms with Crippen LogP contribution in [0.3, 0.4) is 0 Å². The standard InChI is InChI=1S/C13H25N3O/c1-3-16(4-2)10-9-14-13(17)15-11-12-7-5-6-8-12/h11H,3-10H2,1-2H3,(H2,14,15,17). The molecule has 0 radical (unpaired) electrons. The molecule has 98 valence electrons. The van der Waals surface area contributed by atoms with Crippen molar-refractivity contribution in [2.45, 2.75) is 39.5 Å². The van der Waals surface area contributed by atoms with Gasteiger partial charge in [0, 0.05) is 19.3 Å². The van der Waals surface area contributed by atoms with Crippen LogP contribution in [0.15, 0.2) is 11.8 Å². The Labute approximate surface area is 104 Å². The topological polar surface area (TPSA) is 44.4 Å². The molecule has 2 amide bonds. The number of rotatable bonds is 6. The minimum absolute atomic E-state index is 0.0865. The van der Waals surface area contributed by atoms with Crippen LogP contribution in [-0.2, 0) is 0 Å². The molecule has 4 nitrogen and oxygen atoms in total. The number of likely N-dealkylation sites (N-methyl/N-ethyl adjacent to an activating group) is 1. The van der Waals surface area contributed by atoms with Crippen LogP contribution in [0.5, 0.6) is 0 Å². The number of carbonyl (C=O) groups excluding carboxylic acids is 1. The van der Waals surface area contributed by atoms with Crippen molar-refractivity contribution in [3.8, 4) is 0 Å². The van der Waals surface area contributed by atoms with E-state index in [1.165, 1.54) is 18.4 Å². The molecule has 0 aliphatic heterocycles. The Morgan fingerprint density at radius 1 is 1.29 bits per heavy atom. The van der Waals surface area contributed by atoms with Crippen molar-refractivity contribution in [2.24, 2.45) is 0 Å². The second-order valence-corrected chi connectivity index (χ2v) is 4.44. The van der Waals surface area contributed by atoms with E-state index in [1.54, 1.807) is 0 Å². The van der Waals surface area contributed by atoms with Crippen molar-refractivity contribution in [1.82, 2.24) is 15.5 Å². The van der Waals surface area contributed by atoms with E-state index >= 15 is 0 Å². The molecule has 0 aromatic rings. The maximum atomic E-state index is 11.5. The van der Waals surface area contributed by atoms with Crippen molar-refractivity contribution < 1.29 is 4.79 Å². The quantitative estimate of drug-likeness (QED) is 0.745. The number of amides is 2. The molecular formula is C13H25N3O. The van der Waals surface area contributed by atoms with Crippen LogP contribution in [0.4, 0.5) is 4.79 Å². The number of hydrogen-bond donors (Lipinski definition) is 2. The Morgan fingerprint density at radius 3 is 2.53 bits per heavy atom. The third kappa shape index (κ3) is 5.73. The van der Waals surface area contributed by atoms with E-state index in [4.69, 9.17) is 0 Å². The van der Waals surface area contributed by atoms with Gasteiger partial charge < -0.3 is 15.5 Å². The third-order valence-corrected chi connectivity index (χ3v) is 3.26. The molecule has 0 unspecified atom stereocenters. The van der Waals surface area contributed by atoms with Gasteiger partial charge in [0.2, 0.25) is 0 Å². The van der Waals surface area contributed by atoms with Crippen molar-refractivity contribution >= 4 is 6.03 Å². The Balaban J connectivity index is 2.10. The fourth-order valence-corrected chi connectivity index (χ4v) is 2.06. The summed E-state index contributed by atoms with van der Waals surface area (Å²) in [7, 11) is 0. The lowest BCUT2D eigenvalue weighted by atomic mass is 10.2. The summed E-state index contributed by atoms with van der Waals surface area (Å²) >= 11 is 0. The monoisotopic (exact) mass is 239 g/mol. The average Bonchev–Trinajstić information content (AvgIpc) is 2.85.